The van der Waals surface area contributed by atoms with Gasteiger partial charge in [0.15, 0.2) is 0 Å². The van der Waals surface area contributed by atoms with Crippen molar-refractivity contribution in [2.75, 3.05) is 20.3 Å². The Morgan fingerprint density at radius 3 is 2.40 bits per heavy atom. The molecule has 0 bridgehead atoms. The SMILES string of the molecule is COCCN(Cc1ccccc1)C(=O)[C@H](F)C(F)(F)F. The summed E-state index contributed by atoms with van der Waals surface area (Å²) in [6.07, 6.45) is -8.71. The maximum Gasteiger partial charge on any atom is 0.428 e. The largest absolute Gasteiger partial charge is 0.428 e. The number of benzene rings is 1. The van der Waals surface area contributed by atoms with E-state index in [9.17, 15) is 22.4 Å². The third-order valence-corrected chi connectivity index (χ3v) is 2.60. The van der Waals surface area contributed by atoms with Crippen LogP contribution in [0.4, 0.5) is 17.6 Å². The molecule has 1 rings (SSSR count). The maximum atomic E-state index is 13.1. The first-order valence-electron chi connectivity index (χ1n) is 5.88. The summed E-state index contributed by atoms with van der Waals surface area (Å²) in [5, 5.41) is 0. The van der Waals surface area contributed by atoms with Crippen LogP contribution in [0.3, 0.4) is 0 Å². The van der Waals surface area contributed by atoms with Crippen molar-refractivity contribution in [1.82, 2.24) is 4.90 Å². The van der Waals surface area contributed by atoms with E-state index in [2.05, 4.69) is 0 Å². The van der Waals surface area contributed by atoms with E-state index in [1.807, 2.05) is 0 Å². The molecule has 20 heavy (non-hydrogen) atoms. The first-order valence-corrected chi connectivity index (χ1v) is 5.88. The molecule has 112 valence electrons. The van der Waals surface area contributed by atoms with Gasteiger partial charge in [-0.25, -0.2) is 4.39 Å². The van der Waals surface area contributed by atoms with Gasteiger partial charge in [-0.15, -0.1) is 0 Å². The second-order valence-electron chi connectivity index (χ2n) is 4.14. The second kappa shape index (κ2) is 7.23. The Morgan fingerprint density at radius 1 is 1.30 bits per heavy atom. The molecule has 7 heteroatoms. The summed E-state index contributed by atoms with van der Waals surface area (Å²) >= 11 is 0. The average Bonchev–Trinajstić information content (AvgIpc) is 2.42. The lowest BCUT2D eigenvalue weighted by molar-refractivity contribution is -0.193. The Kier molecular flexibility index (Phi) is 5.94. The third kappa shape index (κ3) is 4.80. The molecular weight excluding hydrogens is 278 g/mol. The summed E-state index contributed by atoms with van der Waals surface area (Å²) in [4.78, 5) is 12.4. The van der Waals surface area contributed by atoms with E-state index in [1.165, 1.54) is 7.11 Å². The highest BCUT2D eigenvalue weighted by Gasteiger charge is 2.47. The van der Waals surface area contributed by atoms with Crippen LogP contribution in [-0.2, 0) is 16.1 Å². The van der Waals surface area contributed by atoms with E-state index in [-0.39, 0.29) is 19.7 Å². The van der Waals surface area contributed by atoms with Gasteiger partial charge in [-0.2, -0.15) is 13.2 Å². The number of hydrogen-bond donors (Lipinski definition) is 0. The topological polar surface area (TPSA) is 29.5 Å². The van der Waals surface area contributed by atoms with E-state index in [4.69, 9.17) is 4.74 Å². The number of alkyl halides is 4. The molecular formula is C13H15F4NO2. The summed E-state index contributed by atoms with van der Waals surface area (Å²) in [6.45, 7) is -0.177. The molecule has 0 spiro atoms. The normalized spacial score (nSPS) is 13.1. The summed E-state index contributed by atoms with van der Waals surface area (Å²) in [5.41, 5.74) is 0.617. The minimum Gasteiger partial charge on any atom is -0.383 e. The number of rotatable bonds is 6. The maximum absolute atomic E-state index is 13.1. The molecule has 0 aliphatic heterocycles. The minimum absolute atomic E-state index is 0.0309. The Morgan fingerprint density at radius 2 is 1.90 bits per heavy atom. The van der Waals surface area contributed by atoms with Crippen molar-refractivity contribution in [1.29, 1.82) is 0 Å². The van der Waals surface area contributed by atoms with Crippen LogP contribution in [-0.4, -0.2) is 43.4 Å². The van der Waals surface area contributed by atoms with Crippen molar-refractivity contribution in [2.24, 2.45) is 0 Å². The predicted molar refractivity (Wildman–Crippen MR) is 64.7 cm³/mol. The van der Waals surface area contributed by atoms with Gasteiger partial charge in [-0.3, -0.25) is 4.79 Å². The number of amides is 1. The standard InChI is InChI=1S/C13H15F4NO2/c1-20-8-7-18(9-10-5-3-2-4-6-10)12(19)11(14)13(15,16)17/h2-6,11H,7-9H2,1H3/t11-/m0/s1. The van der Waals surface area contributed by atoms with Gasteiger partial charge >= 0.3 is 6.18 Å². The van der Waals surface area contributed by atoms with Crippen molar-refractivity contribution >= 4 is 5.91 Å². The molecule has 0 N–H and O–H groups in total. The molecule has 3 nitrogen and oxygen atoms in total. The molecule has 0 heterocycles. The van der Waals surface area contributed by atoms with E-state index in [0.717, 1.165) is 4.90 Å². The van der Waals surface area contributed by atoms with Gasteiger partial charge in [0.25, 0.3) is 12.1 Å². The Hall–Kier alpha value is -1.63. The Balaban J connectivity index is 2.81. The van der Waals surface area contributed by atoms with Crippen LogP contribution in [0.15, 0.2) is 30.3 Å². The molecule has 0 radical (unpaired) electrons. The van der Waals surface area contributed by atoms with Crippen LogP contribution in [0.5, 0.6) is 0 Å². The van der Waals surface area contributed by atoms with E-state index in [0.29, 0.717) is 5.56 Å². The molecule has 0 fully saturated rings. The molecule has 0 aromatic heterocycles. The quantitative estimate of drug-likeness (QED) is 0.754. The fourth-order valence-corrected chi connectivity index (χ4v) is 1.57. The Bertz CT molecular complexity index is 422. The number of hydrogen-bond acceptors (Lipinski definition) is 2. The van der Waals surface area contributed by atoms with Crippen molar-refractivity contribution < 1.29 is 27.1 Å². The molecule has 1 aromatic carbocycles. The van der Waals surface area contributed by atoms with Gasteiger partial charge in [0, 0.05) is 20.2 Å². The minimum atomic E-state index is -5.20. The first-order chi connectivity index (χ1) is 9.36. The smallest absolute Gasteiger partial charge is 0.383 e. The van der Waals surface area contributed by atoms with Crippen molar-refractivity contribution in [3.05, 3.63) is 35.9 Å². The zero-order valence-corrected chi connectivity index (χ0v) is 10.9. The summed E-state index contributed by atoms with van der Waals surface area (Å²) in [5.74, 6) is -1.60. The van der Waals surface area contributed by atoms with Crippen LogP contribution < -0.4 is 0 Å². The number of carbonyl (C=O) groups is 1. The van der Waals surface area contributed by atoms with Crippen LogP contribution in [0.2, 0.25) is 0 Å². The number of carbonyl (C=O) groups excluding carboxylic acids is 1. The first kappa shape index (κ1) is 16.4. The predicted octanol–water partition coefficient (Wildman–Crippen LogP) is 2.56. The van der Waals surface area contributed by atoms with E-state index in [1.54, 1.807) is 30.3 Å². The lowest BCUT2D eigenvalue weighted by Crippen LogP contribution is -2.44. The molecule has 0 saturated heterocycles. The van der Waals surface area contributed by atoms with Gasteiger partial charge in [0.05, 0.1) is 6.61 Å². The molecule has 1 atom stereocenters. The van der Waals surface area contributed by atoms with Crippen molar-refractivity contribution in [2.45, 2.75) is 18.9 Å². The zero-order chi connectivity index (χ0) is 15.2. The summed E-state index contributed by atoms with van der Waals surface area (Å²) < 4.78 is 54.7. The lowest BCUT2D eigenvalue weighted by Gasteiger charge is -2.25. The molecule has 1 aromatic rings. The van der Waals surface area contributed by atoms with Crippen molar-refractivity contribution in [3.8, 4) is 0 Å². The number of nitrogens with zero attached hydrogens (tertiary/aromatic N) is 1. The van der Waals surface area contributed by atoms with Gasteiger partial charge in [-0.05, 0) is 5.56 Å². The summed E-state index contributed by atoms with van der Waals surface area (Å²) in [6, 6.07) is 8.40. The Labute approximate surface area is 114 Å². The third-order valence-electron chi connectivity index (χ3n) is 2.60. The molecule has 0 saturated carbocycles. The lowest BCUT2D eigenvalue weighted by atomic mass is 10.2. The number of ether oxygens (including phenoxy) is 1. The van der Waals surface area contributed by atoms with Crippen LogP contribution in [0.1, 0.15) is 5.56 Å². The van der Waals surface area contributed by atoms with Gasteiger partial charge < -0.3 is 9.64 Å². The molecule has 0 aliphatic rings. The number of methoxy groups -OCH3 is 1. The fourth-order valence-electron chi connectivity index (χ4n) is 1.57. The van der Waals surface area contributed by atoms with Crippen LogP contribution in [0, 0.1) is 0 Å². The average molecular weight is 293 g/mol. The highest BCUT2D eigenvalue weighted by molar-refractivity contribution is 5.81. The highest BCUT2D eigenvalue weighted by atomic mass is 19.4. The van der Waals surface area contributed by atoms with Gasteiger partial charge in [0.1, 0.15) is 0 Å². The summed E-state index contributed by atoms with van der Waals surface area (Å²) in [7, 11) is 1.35. The molecule has 0 aliphatic carbocycles. The highest BCUT2D eigenvalue weighted by Crippen LogP contribution is 2.25. The van der Waals surface area contributed by atoms with Gasteiger partial charge in [0.2, 0.25) is 0 Å². The van der Waals surface area contributed by atoms with Gasteiger partial charge in [-0.1, -0.05) is 30.3 Å². The monoisotopic (exact) mass is 293 g/mol. The van der Waals surface area contributed by atoms with E-state index >= 15 is 0 Å². The van der Waals surface area contributed by atoms with E-state index < -0.39 is 18.3 Å². The van der Waals surface area contributed by atoms with Crippen molar-refractivity contribution in [3.63, 3.8) is 0 Å². The molecule has 0 unspecified atom stereocenters. The molecule has 1 amide bonds. The van der Waals surface area contributed by atoms with Crippen LogP contribution >= 0.6 is 0 Å². The zero-order valence-electron chi connectivity index (χ0n) is 10.9. The number of halogens is 4. The van der Waals surface area contributed by atoms with Crippen LogP contribution in [0.25, 0.3) is 0 Å². The second-order valence-corrected chi connectivity index (χ2v) is 4.14. The fraction of sp³-hybridized carbons (Fsp3) is 0.462.